The van der Waals surface area contributed by atoms with Crippen LogP contribution in [0.5, 0.6) is 11.5 Å². The van der Waals surface area contributed by atoms with Crippen molar-refractivity contribution in [2.45, 2.75) is 25.3 Å². The van der Waals surface area contributed by atoms with Gasteiger partial charge >= 0.3 is 0 Å². The fraction of sp³-hybridized carbons (Fsp3) is 0.174. The maximum atomic E-state index is 13.0. The molecule has 0 aliphatic heterocycles. The second-order valence-electron chi connectivity index (χ2n) is 6.72. The van der Waals surface area contributed by atoms with Crippen LogP contribution in [-0.4, -0.2) is 21.2 Å². The van der Waals surface area contributed by atoms with Crippen LogP contribution >= 0.6 is 0 Å². The Balaban J connectivity index is 1.69. The van der Waals surface area contributed by atoms with E-state index in [0.717, 1.165) is 11.1 Å². The lowest BCUT2D eigenvalue weighted by molar-refractivity contribution is 0.269. The molecule has 162 valence electrons. The summed E-state index contributed by atoms with van der Waals surface area (Å²) < 4.78 is 49.1. The zero-order valence-electron chi connectivity index (χ0n) is 17.2. The second kappa shape index (κ2) is 10.1. The van der Waals surface area contributed by atoms with E-state index in [0.29, 0.717) is 23.7 Å². The molecule has 3 aromatic carbocycles. The molecule has 31 heavy (non-hydrogen) atoms. The number of nitrogens with zero attached hydrogens (tertiary/aromatic N) is 1. The number of halogens is 1. The Morgan fingerprint density at radius 1 is 0.968 bits per heavy atom. The minimum Gasteiger partial charge on any atom is -0.490 e. The zero-order chi connectivity index (χ0) is 22.3. The number of aryl methyl sites for hydroxylation is 1. The normalized spacial score (nSPS) is 11.5. The van der Waals surface area contributed by atoms with Crippen LogP contribution in [0.4, 0.5) is 4.39 Å². The van der Waals surface area contributed by atoms with Gasteiger partial charge in [-0.3, -0.25) is 0 Å². The molecule has 3 aromatic rings. The molecule has 3 rings (SSSR count). The predicted molar refractivity (Wildman–Crippen MR) is 117 cm³/mol. The summed E-state index contributed by atoms with van der Waals surface area (Å²) in [5.41, 5.74) is 2.41. The highest BCUT2D eigenvalue weighted by Crippen LogP contribution is 2.29. The summed E-state index contributed by atoms with van der Waals surface area (Å²) in [7, 11) is -3.75. The maximum absolute atomic E-state index is 13.0. The average molecular weight is 443 g/mol. The second-order valence-corrected chi connectivity index (χ2v) is 8.38. The highest BCUT2D eigenvalue weighted by atomic mass is 32.2. The molecule has 0 spiro atoms. The Morgan fingerprint density at radius 3 is 2.35 bits per heavy atom. The quantitative estimate of drug-likeness (QED) is 0.393. The molecule has 0 fully saturated rings. The number of hydrogen-bond acceptors (Lipinski definition) is 5. The third kappa shape index (κ3) is 6.29. The van der Waals surface area contributed by atoms with Crippen LogP contribution in [0.3, 0.4) is 0 Å². The largest absolute Gasteiger partial charge is 0.490 e. The first kappa shape index (κ1) is 22.3. The van der Waals surface area contributed by atoms with Crippen molar-refractivity contribution in [2.75, 3.05) is 6.61 Å². The number of nitrogens with one attached hydrogen (secondary N) is 1. The van der Waals surface area contributed by atoms with Crippen molar-refractivity contribution in [3.05, 3.63) is 89.2 Å². The highest BCUT2D eigenvalue weighted by Gasteiger charge is 2.12. The van der Waals surface area contributed by atoms with Gasteiger partial charge in [0, 0.05) is 0 Å². The van der Waals surface area contributed by atoms with Gasteiger partial charge in [0.25, 0.3) is 10.0 Å². The summed E-state index contributed by atoms with van der Waals surface area (Å²) in [5, 5.41) is 3.85. The summed E-state index contributed by atoms with van der Waals surface area (Å²) in [6.45, 7) is 4.41. The number of hydrazone groups is 1. The third-order valence-electron chi connectivity index (χ3n) is 4.29. The van der Waals surface area contributed by atoms with Crippen molar-refractivity contribution in [3.8, 4) is 11.5 Å². The summed E-state index contributed by atoms with van der Waals surface area (Å²) >= 11 is 0. The number of hydrogen-bond donors (Lipinski definition) is 1. The molecule has 0 aromatic heterocycles. The van der Waals surface area contributed by atoms with Crippen molar-refractivity contribution in [1.82, 2.24) is 4.83 Å². The molecule has 0 unspecified atom stereocenters. The van der Waals surface area contributed by atoms with Crippen molar-refractivity contribution in [2.24, 2.45) is 5.10 Å². The first-order valence-electron chi connectivity index (χ1n) is 9.63. The van der Waals surface area contributed by atoms with Crippen LogP contribution < -0.4 is 14.3 Å². The van der Waals surface area contributed by atoms with Crippen LogP contribution in [0.1, 0.15) is 23.6 Å². The lowest BCUT2D eigenvalue weighted by Crippen LogP contribution is -2.18. The number of ether oxygens (including phenoxy) is 2. The Bertz CT molecular complexity index is 1150. The summed E-state index contributed by atoms with van der Waals surface area (Å²) in [6.07, 6.45) is 1.39. The Labute approximate surface area is 181 Å². The monoisotopic (exact) mass is 442 g/mol. The molecule has 0 bridgehead atoms. The van der Waals surface area contributed by atoms with Crippen LogP contribution in [-0.2, 0) is 16.6 Å². The third-order valence-corrected chi connectivity index (χ3v) is 5.53. The van der Waals surface area contributed by atoms with Crippen molar-refractivity contribution in [3.63, 3.8) is 0 Å². The lowest BCUT2D eigenvalue weighted by atomic mass is 10.2. The topological polar surface area (TPSA) is 77.0 Å². The summed E-state index contributed by atoms with van der Waals surface area (Å²) in [5.74, 6) is 0.707. The molecule has 1 N–H and O–H groups in total. The van der Waals surface area contributed by atoms with Gasteiger partial charge in [-0.2, -0.15) is 13.5 Å². The van der Waals surface area contributed by atoms with E-state index in [1.165, 1.54) is 30.5 Å². The van der Waals surface area contributed by atoms with E-state index in [2.05, 4.69) is 9.93 Å². The van der Waals surface area contributed by atoms with Crippen molar-refractivity contribution in [1.29, 1.82) is 0 Å². The fourth-order valence-electron chi connectivity index (χ4n) is 2.67. The Morgan fingerprint density at radius 2 is 1.68 bits per heavy atom. The number of rotatable bonds is 9. The van der Waals surface area contributed by atoms with E-state index in [-0.39, 0.29) is 17.3 Å². The van der Waals surface area contributed by atoms with Gasteiger partial charge < -0.3 is 9.47 Å². The summed E-state index contributed by atoms with van der Waals surface area (Å²) in [6, 6.07) is 17.7. The molecule has 8 heteroatoms. The smallest absolute Gasteiger partial charge is 0.276 e. The van der Waals surface area contributed by atoms with Gasteiger partial charge in [-0.15, -0.1) is 0 Å². The minimum absolute atomic E-state index is 0.134. The molecule has 0 heterocycles. The van der Waals surface area contributed by atoms with Crippen LogP contribution in [0, 0.1) is 12.7 Å². The van der Waals surface area contributed by atoms with Crippen LogP contribution in [0.25, 0.3) is 0 Å². The standard InChI is InChI=1S/C23H23FN2O4S/c1-3-29-23-14-19(8-13-22(23)30-16-18-6-9-20(24)10-7-18)15-25-26-31(27,28)21-11-4-17(2)5-12-21/h4-15,26H,3,16H2,1-2H3. The van der Waals surface area contributed by atoms with Gasteiger partial charge in [-0.25, -0.2) is 9.22 Å². The van der Waals surface area contributed by atoms with Crippen LogP contribution in [0.2, 0.25) is 0 Å². The summed E-state index contributed by atoms with van der Waals surface area (Å²) in [4.78, 5) is 2.33. The van der Waals surface area contributed by atoms with Gasteiger partial charge in [0.05, 0.1) is 17.7 Å². The minimum atomic E-state index is -3.75. The molecule has 0 aliphatic carbocycles. The van der Waals surface area contributed by atoms with E-state index in [4.69, 9.17) is 9.47 Å². The first-order chi connectivity index (χ1) is 14.9. The van der Waals surface area contributed by atoms with E-state index in [9.17, 15) is 12.8 Å². The molecule has 0 radical (unpaired) electrons. The predicted octanol–water partition coefficient (Wildman–Crippen LogP) is 4.42. The SMILES string of the molecule is CCOc1cc(C=NNS(=O)(=O)c2ccc(C)cc2)ccc1OCc1ccc(F)cc1. The van der Waals surface area contributed by atoms with E-state index in [1.54, 1.807) is 42.5 Å². The molecule has 0 amide bonds. The van der Waals surface area contributed by atoms with Gasteiger partial charge in [-0.05, 0) is 67.4 Å². The van der Waals surface area contributed by atoms with Gasteiger partial charge in [0.1, 0.15) is 12.4 Å². The molecule has 0 atom stereocenters. The molecule has 0 aliphatic rings. The van der Waals surface area contributed by atoms with Crippen LogP contribution in [0.15, 0.2) is 76.7 Å². The van der Waals surface area contributed by atoms with E-state index in [1.807, 2.05) is 13.8 Å². The lowest BCUT2D eigenvalue weighted by Gasteiger charge is -2.12. The Kier molecular flexibility index (Phi) is 7.25. The molecule has 0 saturated heterocycles. The zero-order valence-corrected chi connectivity index (χ0v) is 18.0. The molecular weight excluding hydrogens is 419 g/mol. The number of sulfonamides is 1. The molecule has 6 nitrogen and oxygen atoms in total. The van der Waals surface area contributed by atoms with Crippen molar-refractivity contribution < 1.29 is 22.3 Å². The average Bonchev–Trinajstić information content (AvgIpc) is 2.75. The fourth-order valence-corrected chi connectivity index (χ4v) is 3.47. The Hall–Kier alpha value is -3.39. The number of benzene rings is 3. The first-order valence-corrected chi connectivity index (χ1v) is 11.1. The van der Waals surface area contributed by atoms with E-state index < -0.39 is 10.0 Å². The van der Waals surface area contributed by atoms with E-state index >= 15 is 0 Å². The maximum Gasteiger partial charge on any atom is 0.276 e. The highest BCUT2D eigenvalue weighted by molar-refractivity contribution is 7.89. The molecule has 0 saturated carbocycles. The van der Waals surface area contributed by atoms with Gasteiger partial charge in [0.15, 0.2) is 11.5 Å². The van der Waals surface area contributed by atoms with Gasteiger partial charge in [-0.1, -0.05) is 29.8 Å². The van der Waals surface area contributed by atoms with Gasteiger partial charge in [0.2, 0.25) is 0 Å². The van der Waals surface area contributed by atoms with Crippen molar-refractivity contribution >= 4 is 16.2 Å². The molecular formula is C23H23FN2O4S.